The first-order valence-electron chi connectivity index (χ1n) is 11.3. The minimum atomic E-state index is 0.106. The van der Waals surface area contributed by atoms with Crippen LogP contribution >= 0.6 is 0 Å². The molecule has 4 rings (SSSR count). The molecule has 0 N–H and O–H groups in total. The molecule has 1 aliphatic rings. The Hall–Kier alpha value is -2.85. The number of amides is 1. The fourth-order valence-electron chi connectivity index (χ4n) is 4.37. The van der Waals surface area contributed by atoms with Crippen LogP contribution in [0.3, 0.4) is 0 Å². The normalized spacial score (nSPS) is 15.1. The molecule has 162 valence electrons. The summed E-state index contributed by atoms with van der Waals surface area (Å²) < 4.78 is 5.72. The van der Waals surface area contributed by atoms with E-state index in [1.54, 1.807) is 0 Å². The number of hydrogen-bond donors (Lipinski definition) is 0. The standard InChI is InChI=1S/C27H32N2O2/c1-22-12-13-26(31-22)21-28-17-15-25(16-18-28)27(30)29(20-24-10-6-3-7-11-24)19-14-23-8-4-2-5-9-23/h2-13,25H,14-21H2,1H3. The highest BCUT2D eigenvalue weighted by atomic mass is 16.3. The van der Waals surface area contributed by atoms with Crippen molar-refractivity contribution in [2.45, 2.75) is 39.3 Å². The molecule has 0 saturated carbocycles. The molecule has 0 radical (unpaired) electrons. The average Bonchev–Trinajstić information content (AvgIpc) is 3.22. The highest BCUT2D eigenvalue weighted by Gasteiger charge is 2.29. The van der Waals surface area contributed by atoms with E-state index in [4.69, 9.17) is 4.42 Å². The first-order chi connectivity index (χ1) is 15.2. The third-order valence-electron chi connectivity index (χ3n) is 6.15. The van der Waals surface area contributed by atoms with E-state index in [0.29, 0.717) is 12.5 Å². The number of aryl methyl sites for hydroxylation is 1. The molecule has 4 heteroatoms. The number of carbonyl (C=O) groups is 1. The second kappa shape index (κ2) is 10.5. The van der Waals surface area contributed by atoms with E-state index in [9.17, 15) is 4.79 Å². The fraction of sp³-hybridized carbons (Fsp3) is 0.370. The van der Waals surface area contributed by atoms with E-state index >= 15 is 0 Å². The molecule has 1 fully saturated rings. The summed E-state index contributed by atoms with van der Waals surface area (Å²) in [5.74, 6) is 2.37. The van der Waals surface area contributed by atoms with Gasteiger partial charge >= 0.3 is 0 Å². The van der Waals surface area contributed by atoms with Crippen molar-refractivity contribution in [2.24, 2.45) is 5.92 Å². The number of carbonyl (C=O) groups excluding carboxylic acids is 1. The molecule has 1 aliphatic heterocycles. The Kier molecular flexibility index (Phi) is 7.21. The van der Waals surface area contributed by atoms with Gasteiger partial charge in [-0.2, -0.15) is 0 Å². The zero-order valence-electron chi connectivity index (χ0n) is 18.4. The van der Waals surface area contributed by atoms with Gasteiger partial charge < -0.3 is 9.32 Å². The van der Waals surface area contributed by atoms with Crippen LogP contribution in [0.2, 0.25) is 0 Å². The first-order valence-corrected chi connectivity index (χ1v) is 11.3. The number of furan rings is 1. The molecular formula is C27H32N2O2. The van der Waals surface area contributed by atoms with Gasteiger partial charge in [-0.05, 0) is 62.5 Å². The second-order valence-corrected chi connectivity index (χ2v) is 8.54. The van der Waals surface area contributed by atoms with Crippen LogP contribution in [0.25, 0.3) is 0 Å². The molecule has 0 atom stereocenters. The molecule has 3 aromatic rings. The highest BCUT2D eigenvalue weighted by molar-refractivity contribution is 5.79. The Morgan fingerprint density at radius 1 is 0.935 bits per heavy atom. The molecule has 1 amide bonds. The average molecular weight is 417 g/mol. The summed E-state index contributed by atoms with van der Waals surface area (Å²) in [6, 6.07) is 24.8. The van der Waals surface area contributed by atoms with Crippen molar-refractivity contribution in [3.05, 3.63) is 95.4 Å². The molecule has 2 aromatic carbocycles. The lowest BCUT2D eigenvalue weighted by Gasteiger charge is -2.34. The van der Waals surface area contributed by atoms with Crippen molar-refractivity contribution in [1.29, 1.82) is 0 Å². The van der Waals surface area contributed by atoms with Crippen LogP contribution in [0.1, 0.15) is 35.5 Å². The van der Waals surface area contributed by atoms with Gasteiger partial charge in [-0.3, -0.25) is 9.69 Å². The third kappa shape index (κ3) is 6.08. The number of nitrogens with zero attached hydrogens (tertiary/aromatic N) is 2. The van der Waals surface area contributed by atoms with Gasteiger partial charge in [-0.15, -0.1) is 0 Å². The van der Waals surface area contributed by atoms with E-state index in [2.05, 4.69) is 52.3 Å². The zero-order valence-corrected chi connectivity index (χ0v) is 18.4. The van der Waals surface area contributed by atoms with E-state index in [-0.39, 0.29) is 5.92 Å². The van der Waals surface area contributed by atoms with Gasteiger partial charge in [0.1, 0.15) is 11.5 Å². The van der Waals surface area contributed by atoms with Crippen molar-refractivity contribution in [2.75, 3.05) is 19.6 Å². The number of hydrogen-bond acceptors (Lipinski definition) is 3. The van der Waals surface area contributed by atoms with Crippen LogP contribution in [0, 0.1) is 12.8 Å². The predicted octanol–water partition coefficient (Wildman–Crippen LogP) is 5.07. The predicted molar refractivity (Wildman–Crippen MR) is 123 cm³/mol. The van der Waals surface area contributed by atoms with Gasteiger partial charge in [-0.1, -0.05) is 60.7 Å². The maximum absolute atomic E-state index is 13.5. The van der Waals surface area contributed by atoms with Crippen molar-refractivity contribution in [3.8, 4) is 0 Å². The molecule has 2 heterocycles. The SMILES string of the molecule is Cc1ccc(CN2CCC(C(=O)N(CCc3ccccc3)Cc3ccccc3)CC2)o1. The van der Waals surface area contributed by atoms with Gasteiger partial charge in [0.05, 0.1) is 6.54 Å². The van der Waals surface area contributed by atoms with Gasteiger partial charge in [0.2, 0.25) is 5.91 Å². The summed E-state index contributed by atoms with van der Waals surface area (Å²) >= 11 is 0. The van der Waals surface area contributed by atoms with Crippen molar-refractivity contribution in [3.63, 3.8) is 0 Å². The van der Waals surface area contributed by atoms with Crippen molar-refractivity contribution in [1.82, 2.24) is 9.80 Å². The number of benzene rings is 2. The number of piperidine rings is 1. The molecule has 1 aromatic heterocycles. The maximum atomic E-state index is 13.5. The van der Waals surface area contributed by atoms with Crippen LogP contribution in [-0.2, 0) is 24.3 Å². The van der Waals surface area contributed by atoms with E-state index in [0.717, 1.165) is 57.0 Å². The quantitative estimate of drug-likeness (QED) is 0.514. The first kappa shape index (κ1) is 21.4. The minimum absolute atomic E-state index is 0.106. The monoisotopic (exact) mass is 416 g/mol. The van der Waals surface area contributed by atoms with Crippen molar-refractivity contribution < 1.29 is 9.21 Å². The highest BCUT2D eigenvalue weighted by Crippen LogP contribution is 2.23. The Labute approximate surface area is 185 Å². The Morgan fingerprint density at radius 2 is 1.58 bits per heavy atom. The summed E-state index contributed by atoms with van der Waals surface area (Å²) in [4.78, 5) is 17.9. The van der Waals surface area contributed by atoms with E-state index in [1.165, 1.54) is 11.1 Å². The lowest BCUT2D eigenvalue weighted by atomic mass is 9.94. The Bertz CT molecular complexity index is 944. The summed E-state index contributed by atoms with van der Waals surface area (Å²) in [5, 5.41) is 0. The Morgan fingerprint density at radius 3 is 2.19 bits per heavy atom. The molecule has 0 spiro atoms. The van der Waals surface area contributed by atoms with Crippen LogP contribution in [0.4, 0.5) is 0 Å². The summed E-state index contributed by atoms with van der Waals surface area (Å²) in [5.41, 5.74) is 2.46. The van der Waals surface area contributed by atoms with E-state index in [1.807, 2.05) is 37.3 Å². The van der Waals surface area contributed by atoms with E-state index < -0.39 is 0 Å². The smallest absolute Gasteiger partial charge is 0.226 e. The van der Waals surface area contributed by atoms with Crippen LogP contribution in [0.15, 0.2) is 77.2 Å². The topological polar surface area (TPSA) is 36.7 Å². The summed E-state index contributed by atoms with van der Waals surface area (Å²) in [6.45, 7) is 6.12. The fourth-order valence-corrected chi connectivity index (χ4v) is 4.37. The van der Waals surface area contributed by atoms with Crippen molar-refractivity contribution >= 4 is 5.91 Å². The van der Waals surface area contributed by atoms with Crippen LogP contribution < -0.4 is 0 Å². The largest absolute Gasteiger partial charge is 0.465 e. The zero-order chi connectivity index (χ0) is 21.5. The minimum Gasteiger partial charge on any atom is -0.465 e. The maximum Gasteiger partial charge on any atom is 0.226 e. The molecule has 0 bridgehead atoms. The molecule has 0 aliphatic carbocycles. The second-order valence-electron chi connectivity index (χ2n) is 8.54. The summed E-state index contributed by atoms with van der Waals surface area (Å²) in [6.07, 6.45) is 2.71. The van der Waals surface area contributed by atoms with Crippen LogP contribution in [-0.4, -0.2) is 35.3 Å². The lowest BCUT2D eigenvalue weighted by Crippen LogP contribution is -2.42. The molecule has 1 saturated heterocycles. The van der Waals surface area contributed by atoms with Crippen LogP contribution in [0.5, 0.6) is 0 Å². The molecule has 0 unspecified atom stereocenters. The van der Waals surface area contributed by atoms with Gasteiger partial charge in [0.25, 0.3) is 0 Å². The molecule has 31 heavy (non-hydrogen) atoms. The summed E-state index contributed by atoms with van der Waals surface area (Å²) in [7, 11) is 0. The molecular weight excluding hydrogens is 384 g/mol. The number of likely N-dealkylation sites (tertiary alicyclic amines) is 1. The Balaban J connectivity index is 1.36. The number of rotatable bonds is 8. The van der Waals surface area contributed by atoms with Gasteiger partial charge in [-0.25, -0.2) is 0 Å². The lowest BCUT2D eigenvalue weighted by molar-refractivity contribution is -0.137. The third-order valence-corrected chi connectivity index (χ3v) is 6.15. The van der Waals surface area contributed by atoms with Gasteiger partial charge in [0.15, 0.2) is 0 Å². The molecule has 4 nitrogen and oxygen atoms in total. The van der Waals surface area contributed by atoms with Gasteiger partial charge in [0, 0.05) is 19.0 Å².